The number of rotatable bonds is 10. The van der Waals surface area contributed by atoms with Gasteiger partial charge in [-0.15, -0.1) is 0 Å². The van der Waals surface area contributed by atoms with Gasteiger partial charge in [-0.2, -0.15) is 0 Å². The van der Waals surface area contributed by atoms with Crippen molar-refractivity contribution in [1.82, 2.24) is 15.0 Å². The lowest BCUT2D eigenvalue weighted by atomic mass is 10.1. The number of hydrogen-bond donors (Lipinski definition) is 1. The van der Waals surface area contributed by atoms with E-state index in [-0.39, 0.29) is 0 Å². The number of oxazole rings is 1. The lowest BCUT2D eigenvalue weighted by molar-refractivity contribution is 0.296. The molecule has 0 saturated heterocycles. The smallest absolute Gasteiger partial charge is 0.256 e. The van der Waals surface area contributed by atoms with E-state index >= 15 is 0 Å². The van der Waals surface area contributed by atoms with Crippen LogP contribution in [0.2, 0.25) is 0 Å². The zero-order valence-corrected chi connectivity index (χ0v) is 22.4. The average molecular weight is 565 g/mol. The molecule has 0 aliphatic heterocycles. The Balaban J connectivity index is 1.29. The predicted molar refractivity (Wildman–Crippen MR) is 148 cm³/mol. The molecule has 0 spiro atoms. The Bertz CT molecular complexity index is 1470. The Morgan fingerprint density at radius 1 is 1.03 bits per heavy atom. The lowest BCUT2D eigenvalue weighted by Crippen LogP contribution is -2.03. The molecule has 0 bridgehead atoms. The van der Waals surface area contributed by atoms with E-state index in [2.05, 4.69) is 49.2 Å². The number of benzene rings is 3. The summed E-state index contributed by atoms with van der Waals surface area (Å²) in [5, 5.41) is 5.01. The van der Waals surface area contributed by atoms with Gasteiger partial charge in [0, 0.05) is 27.4 Å². The average Bonchev–Trinajstić information content (AvgIpc) is 3.32. The van der Waals surface area contributed by atoms with E-state index in [4.69, 9.17) is 13.9 Å². The van der Waals surface area contributed by atoms with E-state index in [0.717, 1.165) is 56.6 Å². The van der Waals surface area contributed by atoms with Crippen LogP contribution in [0.5, 0.6) is 11.5 Å². The highest BCUT2D eigenvalue weighted by molar-refractivity contribution is 9.10. The highest BCUT2D eigenvalue weighted by Gasteiger charge is 2.13. The van der Waals surface area contributed by atoms with Crippen molar-refractivity contribution >= 4 is 61.2 Å². The van der Waals surface area contributed by atoms with Gasteiger partial charge in [0.1, 0.15) is 17.7 Å². The van der Waals surface area contributed by atoms with Gasteiger partial charge in [-0.1, -0.05) is 46.7 Å². The largest absolute Gasteiger partial charge is 0.493 e. The summed E-state index contributed by atoms with van der Waals surface area (Å²) in [5.41, 5.74) is 4.65. The summed E-state index contributed by atoms with van der Waals surface area (Å²) in [6.45, 7) is 2.66. The topological polar surface area (TPSA) is 82.3 Å². The molecule has 184 valence electrons. The van der Waals surface area contributed by atoms with Gasteiger partial charge < -0.3 is 19.2 Å². The van der Waals surface area contributed by atoms with Crippen LogP contribution in [0.4, 0.5) is 11.5 Å². The van der Waals surface area contributed by atoms with Crippen molar-refractivity contribution in [1.29, 1.82) is 0 Å². The van der Waals surface area contributed by atoms with Gasteiger partial charge >= 0.3 is 0 Å². The quantitative estimate of drug-likeness (QED) is 0.139. The Labute approximate surface area is 221 Å². The van der Waals surface area contributed by atoms with Gasteiger partial charge in [-0.3, -0.25) is 0 Å². The van der Waals surface area contributed by atoms with Crippen molar-refractivity contribution < 1.29 is 13.9 Å². The second kappa shape index (κ2) is 11.2. The van der Waals surface area contributed by atoms with E-state index in [1.165, 1.54) is 5.56 Å². The number of hydrogen-bond acceptors (Lipinski definition) is 8. The molecular weight excluding hydrogens is 540 g/mol. The zero-order chi connectivity index (χ0) is 24.9. The summed E-state index contributed by atoms with van der Waals surface area (Å²) in [5.74, 6) is 2.83. The van der Waals surface area contributed by atoms with E-state index in [0.29, 0.717) is 23.3 Å². The Hall–Kier alpha value is -3.30. The first-order valence-electron chi connectivity index (χ1n) is 11.6. The number of para-hydroxylation sites is 2. The normalized spacial score (nSPS) is 11.2. The molecule has 1 N–H and O–H groups in total. The molecular formula is C27H25BrN4O3S. The molecule has 5 rings (SSSR count). The predicted octanol–water partition coefficient (Wildman–Crippen LogP) is 7.41. The third-order valence-electron chi connectivity index (χ3n) is 5.67. The first-order chi connectivity index (χ1) is 17.6. The fourth-order valence-corrected chi connectivity index (χ4v) is 5.01. The fraction of sp³-hybridized carbons (Fsp3) is 0.222. The molecule has 0 saturated carbocycles. The molecule has 0 unspecified atom stereocenters. The summed E-state index contributed by atoms with van der Waals surface area (Å²) in [6.07, 6.45) is 3.27. The van der Waals surface area contributed by atoms with E-state index in [9.17, 15) is 0 Å². The van der Waals surface area contributed by atoms with Crippen LogP contribution in [0.1, 0.15) is 18.9 Å². The SMILES string of the molecule is CCc1cc(Br)ccc1Nc1ncnc2cc(OC)c(OCCCSc3nc4ccccc4o3)cc12. The third kappa shape index (κ3) is 5.42. The third-order valence-corrected chi connectivity index (χ3v) is 7.08. The maximum absolute atomic E-state index is 6.12. The van der Waals surface area contributed by atoms with Gasteiger partial charge in [-0.05, 0) is 54.8 Å². The second-order valence-electron chi connectivity index (χ2n) is 8.02. The minimum absolute atomic E-state index is 0.526. The first kappa shape index (κ1) is 24.4. The number of thioether (sulfide) groups is 1. The van der Waals surface area contributed by atoms with Gasteiger partial charge in [0.25, 0.3) is 5.22 Å². The molecule has 0 aliphatic rings. The highest BCUT2D eigenvalue weighted by Crippen LogP contribution is 2.35. The number of halogens is 1. The molecule has 0 fully saturated rings. The van der Waals surface area contributed by atoms with Crippen LogP contribution in [-0.2, 0) is 6.42 Å². The first-order valence-corrected chi connectivity index (χ1v) is 13.4. The van der Waals surface area contributed by atoms with Gasteiger partial charge in [-0.25, -0.2) is 15.0 Å². The molecule has 0 radical (unpaired) electrons. The number of nitrogens with zero attached hydrogens (tertiary/aromatic N) is 3. The van der Waals surface area contributed by atoms with E-state index in [1.54, 1.807) is 25.2 Å². The van der Waals surface area contributed by atoms with Gasteiger partial charge in [0.2, 0.25) is 0 Å². The molecule has 2 heterocycles. The summed E-state index contributed by atoms with van der Waals surface area (Å²) in [6, 6.07) is 17.8. The van der Waals surface area contributed by atoms with Crippen LogP contribution in [0.3, 0.4) is 0 Å². The number of aryl methyl sites for hydroxylation is 1. The van der Waals surface area contributed by atoms with Gasteiger partial charge in [0.15, 0.2) is 17.1 Å². The number of nitrogens with one attached hydrogen (secondary N) is 1. The summed E-state index contributed by atoms with van der Waals surface area (Å²) < 4.78 is 18.5. The molecule has 3 aromatic carbocycles. The Morgan fingerprint density at radius 2 is 1.92 bits per heavy atom. The number of methoxy groups -OCH3 is 1. The van der Waals surface area contributed by atoms with Crippen molar-refractivity contribution in [2.45, 2.75) is 25.0 Å². The van der Waals surface area contributed by atoms with Crippen molar-refractivity contribution in [3.63, 3.8) is 0 Å². The Kier molecular flexibility index (Phi) is 7.58. The number of aromatic nitrogens is 3. The molecule has 0 aliphatic carbocycles. The molecule has 7 nitrogen and oxygen atoms in total. The minimum Gasteiger partial charge on any atom is -0.493 e. The van der Waals surface area contributed by atoms with Crippen LogP contribution in [0.25, 0.3) is 22.0 Å². The monoisotopic (exact) mass is 564 g/mol. The number of fused-ring (bicyclic) bond motifs is 2. The van der Waals surface area contributed by atoms with Gasteiger partial charge in [0.05, 0.1) is 19.2 Å². The van der Waals surface area contributed by atoms with Crippen LogP contribution in [-0.4, -0.2) is 34.4 Å². The maximum Gasteiger partial charge on any atom is 0.256 e. The molecule has 0 atom stereocenters. The van der Waals surface area contributed by atoms with Crippen LogP contribution in [0.15, 0.2) is 75.0 Å². The van der Waals surface area contributed by atoms with Crippen molar-refractivity contribution in [2.24, 2.45) is 0 Å². The standard InChI is InChI=1S/C27H25BrN4O3S/c1-3-17-13-18(28)9-10-20(17)31-26-19-14-25(24(33-2)15-22(19)29-16-30-26)34-11-6-12-36-27-32-21-7-4-5-8-23(21)35-27/h4-5,7-10,13-16H,3,6,11-12H2,1-2H3,(H,29,30,31). The van der Waals surface area contributed by atoms with Crippen molar-refractivity contribution in [3.8, 4) is 11.5 Å². The fourth-order valence-electron chi connectivity index (χ4n) is 3.85. The molecule has 0 amide bonds. The van der Waals surface area contributed by atoms with Crippen molar-refractivity contribution in [2.75, 3.05) is 24.8 Å². The maximum atomic E-state index is 6.12. The number of anilines is 2. The molecule has 9 heteroatoms. The van der Waals surface area contributed by atoms with Crippen LogP contribution >= 0.6 is 27.7 Å². The zero-order valence-electron chi connectivity index (χ0n) is 20.0. The minimum atomic E-state index is 0.526. The summed E-state index contributed by atoms with van der Waals surface area (Å²) in [7, 11) is 1.63. The second-order valence-corrected chi connectivity index (χ2v) is 9.98. The summed E-state index contributed by atoms with van der Waals surface area (Å²) >= 11 is 5.13. The van der Waals surface area contributed by atoms with E-state index in [1.807, 2.05) is 48.5 Å². The molecule has 5 aromatic rings. The van der Waals surface area contributed by atoms with Crippen molar-refractivity contribution in [3.05, 3.63) is 71.0 Å². The van der Waals surface area contributed by atoms with E-state index < -0.39 is 0 Å². The molecule has 36 heavy (non-hydrogen) atoms. The Morgan fingerprint density at radius 3 is 2.75 bits per heavy atom. The summed E-state index contributed by atoms with van der Waals surface area (Å²) in [4.78, 5) is 13.4. The highest BCUT2D eigenvalue weighted by atomic mass is 79.9. The lowest BCUT2D eigenvalue weighted by Gasteiger charge is -2.15. The number of ether oxygens (including phenoxy) is 2. The van der Waals surface area contributed by atoms with Crippen LogP contribution < -0.4 is 14.8 Å². The molecule has 2 aromatic heterocycles. The van der Waals surface area contributed by atoms with Crippen LogP contribution in [0, 0.1) is 0 Å².